The van der Waals surface area contributed by atoms with Gasteiger partial charge in [-0.3, -0.25) is 0 Å². The van der Waals surface area contributed by atoms with Crippen LogP contribution in [-0.4, -0.2) is 37.4 Å². The predicted molar refractivity (Wildman–Crippen MR) is 67.9 cm³/mol. The fraction of sp³-hybridized carbons (Fsp3) is 0.364. The van der Waals surface area contributed by atoms with Crippen LogP contribution in [0.1, 0.15) is 23.7 Å². The van der Waals surface area contributed by atoms with E-state index in [1.54, 1.807) is 0 Å². The van der Waals surface area contributed by atoms with E-state index in [1.807, 2.05) is 6.92 Å². The van der Waals surface area contributed by atoms with Gasteiger partial charge in [-0.05, 0) is 24.6 Å². The summed E-state index contributed by atoms with van der Waals surface area (Å²) in [6, 6.07) is 3.60. The number of carboxylic acid groups (broad SMARTS) is 1. The van der Waals surface area contributed by atoms with Gasteiger partial charge in [0.05, 0.1) is 11.3 Å². The molecule has 0 aliphatic heterocycles. The normalized spacial score (nSPS) is 11.7. The quantitative estimate of drug-likeness (QED) is 0.779. The molecule has 6 nitrogen and oxygen atoms in total. The molecular formula is C11H16N2O4S. The van der Waals surface area contributed by atoms with Crippen molar-refractivity contribution in [1.82, 2.24) is 4.31 Å². The molecule has 0 atom stereocenters. The Hall–Kier alpha value is -1.60. The molecule has 0 heterocycles. The van der Waals surface area contributed by atoms with Crippen molar-refractivity contribution in [3.63, 3.8) is 0 Å². The van der Waals surface area contributed by atoms with Gasteiger partial charge in [0, 0.05) is 13.6 Å². The van der Waals surface area contributed by atoms with Crippen LogP contribution in [0.4, 0.5) is 5.69 Å². The maximum absolute atomic E-state index is 12.1. The van der Waals surface area contributed by atoms with Crippen LogP contribution in [0, 0.1) is 0 Å². The summed E-state index contributed by atoms with van der Waals surface area (Å²) in [6.45, 7) is 2.24. The Morgan fingerprint density at radius 2 is 2.06 bits per heavy atom. The van der Waals surface area contributed by atoms with E-state index in [0.29, 0.717) is 13.0 Å². The highest BCUT2D eigenvalue weighted by Gasteiger charge is 2.23. The molecule has 1 aromatic carbocycles. The van der Waals surface area contributed by atoms with Gasteiger partial charge in [0.1, 0.15) is 4.90 Å². The summed E-state index contributed by atoms with van der Waals surface area (Å²) in [5.41, 5.74) is 5.52. The van der Waals surface area contributed by atoms with Crippen LogP contribution >= 0.6 is 0 Å². The van der Waals surface area contributed by atoms with Crippen LogP contribution in [0.5, 0.6) is 0 Å². The molecule has 0 bridgehead atoms. The van der Waals surface area contributed by atoms with Crippen LogP contribution in [0.25, 0.3) is 0 Å². The van der Waals surface area contributed by atoms with Gasteiger partial charge in [-0.15, -0.1) is 0 Å². The molecule has 0 aliphatic rings. The Morgan fingerprint density at radius 3 is 2.50 bits per heavy atom. The first-order chi connectivity index (χ1) is 8.30. The zero-order chi connectivity index (χ0) is 13.9. The van der Waals surface area contributed by atoms with E-state index in [0.717, 1.165) is 6.07 Å². The Morgan fingerprint density at radius 1 is 1.44 bits per heavy atom. The number of hydrogen-bond acceptors (Lipinski definition) is 4. The highest BCUT2D eigenvalue weighted by molar-refractivity contribution is 7.89. The van der Waals surface area contributed by atoms with E-state index in [2.05, 4.69) is 0 Å². The third kappa shape index (κ3) is 2.80. The van der Waals surface area contributed by atoms with Crippen LogP contribution in [0.2, 0.25) is 0 Å². The number of carboxylic acids is 1. The second-order valence-electron chi connectivity index (χ2n) is 3.88. The molecule has 7 heteroatoms. The lowest BCUT2D eigenvalue weighted by molar-refractivity contribution is 0.0697. The summed E-state index contributed by atoms with van der Waals surface area (Å²) in [5.74, 6) is -1.15. The Balaban J connectivity index is 3.22. The van der Waals surface area contributed by atoms with E-state index in [-0.39, 0.29) is 16.1 Å². The number of hydrogen-bond donors (Lipinski definition) is 2. The molecule has 1 aromatic rings. The number of nitrogens with two attached hydrogens (primary N) is 1. The van der Waals surface area contributed by atoms with Crippen molar-refractivity contribution in [3.05, 3.63) is 23.8 Å². The van der Waals surface area contributed by atoms with Gasteiger partial charge in [0.25, 0.3) is 0 Å². The molecule has 0 fully saturated rings. The number of anilines is 1. The average Bonchev–Trinajstić information content (AvgIpc) is 2.28. The molecular weight excluding hydrogens is 256 g/mol. The molecule has 0 unspecified atom stereocenters. The smallest absolute Gasteiger partial charge is 0.335 e. The summed E-state index contributed by atoms with van der Waals surface area (Å²) in [4.78, 5) is 10.7. The van der Waals surface area contributed by atoms with Crippen molar-refractivity contribution in [2.24, 2.45) is 0 Å². The van der Waals surface area contributed by atoms with Crippen molar-refractivity contribution < 1.29 is 18.3 Å². The first-order valence-corrected chi connectivity index (χ1v) is 6.84. The Kier molecular flexibility index (Phi) is 4.31. The van der Waals surface area contributed by atoms with Crippen molar-refractivity contribution in [2.75, 3.05) is 19.3 Å². The van der Waals surface area contributed by atoms with Gasteiger partial charge in [0.2, 0.25) is 10.0 Å². The van der Waals surface area contributed by atoms with Gasteiger partial charge in [0.15, 0.2) is 0 Å². The summed E-state index contributed by atoms with van der Waals surface area (Å²) >= 11 is 0. The number of nitrogens with zero attached hydrogens (tertiary/aromatic N) is 1. The standard InChI is InChI=1S/C11H16N2O4S/c1-3-6-13(2)18(16,17)10-5-4-8(11(14)15)7-9(10)12/h4-5,7H,3,6,12H2,1-2H3,(H,14,15). The van der Waals surface area contributed by atoms with E-state index in [4.69, 9.17) is 10.8 Å². The van der Waals surface area contributed by atoms with Gasteiger partial charge >= 0.3 is 5.97 Å². The number of carbonyl (C=O) groups is 1. The Labute approximate surface area is 106 Å². The predicted octanol–water partition coefficient (Wildman–Crippen LogP) is 0.998. The summed E-state index contributed by atoms with van der Waals surface area (Å²) in [6.07, 6.45) is 0.683. The number of nitrogen functional groups attached to an aromatic ring is 1. The molecule has 18 heavy (non-hydrogen) atoms. The average molecular weight is 272 g/mol. The zero-order valence-corrected chi connectivity index (χ0v) is 11.1. The minimum absolute atomic E-state index is 0.0374. The number of sulfonamides is 1. The highest BCUT2D eigenvalue weighted by atomic mass is 32.2. The molecule has 0 saturated heterocycles. The van der Waals surface area contributed by atoms with Gasteiger partial charge in [-0.25, -0.2) is 17.5 Å². The maximum Gasteiger partial charge on any atom is 0.335 e. The second-order valence-corrected chi connectivity index (χ2v) is 5.90. The summed E-state index contributed by atoms with van der Waals surface area (Å²) < 4.78 is 25.4. The lowest BCUT2D eigenvalue weighted by Gasteiger charge is -2.17. The molecule has 1 rings (SSSR count). The van der Waals surface area contributed by atoms with Gasteiger partial charge in [-0.1, -0.05) is 6.92 Å². The van der Waals surface area contributed by atoms with Gasteiger partial charge < -0.3 is 10.8 Å². The number of aromatic carboxylic acids is 1. The summed E-state index contributed by atoms with van der Waals surface area (Å²) in [7, 11) is -2.20. The van der Waals surface area contributed by atoms with Crippen molar-refractivity contribution in [3.8, 4) is 0 Å². The lowest BCUT2D eigenvalue weighted by Crippen LogP contribution is -2.28. The first-order valence-electron chi connectivity index (χ1n) is 5.40. The van der Waals surface area contributed by atoms with E-state index in [1.165, 1.54) is 23.5 Å². The topological polar surface area (TPSA) is 101 Å². The Bertz CT molecular complexity index is 554. The minimum atomic E-state index is -3.66. The first kappa shape index (κ1) is 14.5. The molecule has 100 valence electrons. The van der Waals surface area contributed by atoms with Crippen molar-refractivity contribution >= 4 is 21.7 Å². The second kappa shape index (κ2) is 5.36. The minimum Gasteiger partial charge on any atom is -0.478 e. The van der Waals surface area contributed by atoms with E-state index in [9.17, 15) is 13.2 Å². The van der Waals surface area contributed by atoms with Crippen molar-refractivity contribution in [2.45, 2.75) is 18.2 Å². The third-order valence-electron chi connectivity index (χ3n) is 2.48. The highest BCUT2D eigenvalue weighted by Crippen LogP contribution is 2.22. The fourth-order valence-electron chi connectivity index (χ4n) is 1.52. The third-order valence-corrected chi connectivity index (χ3v) is 4.41. The lowest BCUT2D eigenvalue weighted by atomic mass is 10.2. The van der Waals surface area contributed by atoms with E-state index < -0.39 is 16.0 Å². The van der Waals surface area contributed by atoms with Crippen LogP contribution < -0.4 is 5.73 Å². The molecule has 0 spiro atoms. The maximum atomic E-state index is 12.1. The van der Waals surface area contributed by atoms with Crippen molar-refractivity contribution in [1.29, 1.82) is 0 Å². The molecule has 0 aromatic heterocycles. The van der Waals surface area contributed by atoms with Gasteiger partial charge in [-0.2, -0.15) is 0 Å². The zero-order valence-electron chi connectivity index (χ0n) is 10.3. The molecule has 3 N–H and O–H groups in total. The largest absolute Gasteiger partial charge is 0.478 e. The number of benzene rings is 1. The van der Waals surface area contributed by atoms with Crippen LogP contribution in [0.15, 0.2) is 23.1 Å². The van der Waals surface area contributed by atoms with E-state index >= 15 is 0 Å². The molecule has 0 radical (unpaired) electrons. The summed E-state index contributed by atoms with van der Waals surface area (Å²) in [5, 5.41) is 8.78. The molecule has 0 amide bonds. The fourth-order valence-corrected chi connectivity index (χ4v) is 2.87. The molecule has 0 saturated carbocycles. The van der Waals surface area contributed by atoms with Crippen LogP contribution in [-0.2, 0) is 10.0 Å². The van der Waals surface area contributed by atoms with Crippen LogP contribution in [0.3, 0.4) is 0 Å². The monoisotopic (exact) mass is 272 g/mol. The SMILES string of the molecule is CCCN(C)S(=O)(=O)c1ccc(C(=O)O)cc1N. The molecule has 0 aliphatic carbocycles. The number of rotatable bonds is 5.